The van der Waals surface area contributed by atoms with E-state index in [2.05, 4.69) is 0 Å². The molecule has 0 heterocycles. The maximum atomic E-state index is 13.2. The number of hydrogen-bond acceptors (Lipinski definition) is 4. The Kier molecular flexibility index (Phi) is 8.34. The van der Waals surface area contributed by atoms with E-state index < -0.39 is 48.4 Å². The van der Waals surface area contributed by atoms with Gasteiger partial charge in [-0.25, -0.2) is 17.2 Å². The molecule has 0 aliphatic heterocycles. The summed E-state index contributed by atoms with van der Waals surface area (Å²) < 4.78 is 96.2. The van der Waals surface area contributed by atoms with Gasteiger partial charge in [0.05, 0.1) is 5.75 Å². The summed E-state index contributed by atoms with van der Waals surface area (Å²) >= 11 is 0. The average Bonchev–Trinajstić information content (AvgIpc) is 2.23. The molecule has 0 aliphatic rings. The fourth-order valence-electron chi connectivity index (χ4n) is 1.84. The van der Waals surface area contributed by atoms with E-state index in [0.717, 1.165) is 6.08 Å². The first-order valence-corrected chi connectivity index (χ1v) is 11.1. The molecule has 0 rings (SSSR count). The molecule has 0 saturated heterocycles. The second kappa shape index (κ2) is 8.54. The number of rotatable bonds is 10. The third kappa shape index (κ3) is 10.8. The Morgan fingerprint density at radius 2 is 1.52 bits per heavy atom. The van der Waals surface area contributed by atoms with Gasteiger partial charge >= 0.3 is 14.7 Å². The number of hydrogen-bond donors (Lipinski definition) is 0. The Bertz CT molecular complexity index is 484. The summed E-state index contributed by atoms with van der Waals surface area (Å²) in [5, 5.41) is 0. The van der Waals surface area contributed by atoms with E-state index in [1.54, 1.807) is 20.4 Å². The Morgan fingerprint density at radius 3 is 1.91 bits per heavy atom. The van der Waals surface area contributed by atoms with E-state index >= 15 is 0 Å². The van der Waals surface area contributed by atoms with Crippen LogP contribution in [0.25, 0.3) is 0 Å². The summed E-state index contributed by atoms with van der Waals surface area (Å²) in [4.78, 5) is 0. The van der Waals surface area contributed by atoms with Crippen LogP contribution in [0.3, 0.4) is 0 Å². The van der Waals surface area contributed by atoms with Gasteiger partial charge in [-0.1, -0.05) is 6.08 Å². The summed E-state index contributed by atoms with van der Waals surface area (Å²) in [5.74, 6) is -7.01. The van der Waals surface area contributed by atoms with Crippen molar-refractivity contribution < 1.29 is 39.2 Å². The molecule has 0 amide bonds. The van der Waals surface area contributed by atoms with Crippen LogP contribution in [0.5, 0.6) is 0 Å². The standard InChI is InChI=1S/C12H21F5O4SSi/c1-4-20-23(3,21-5-2)8-6-7-22(18,19)10-11(13,14)9-12(15,16)17/h6,8H,4-5,7,9-10H2,1-3H3/b8-6+. The lowest BCUT2D eigenvalue weighted by atomic mass is 10.3. The van der Waals surface area contributed by atoms with E-state index in [0.29, 0.717) is 13.2 Å². The summed E-state index contributed by atoms with van der Waals surface area (Å²) in [6, 6.07) is 0. The third-order valence-corrected chi connectivity index (χ3v) is 6.65. The van der Waals surface area contributed by atoms with Gasteiger partial charge in [-0.15, -0.1) is 0 Å². The number of sulfone groups is 1. The van der Waals surface area contributed by atoms with Gasteiger partial charge < -0.3 is 8.85 Å². The monoisotopic (exact) mass is 384 g/mol. The van der Waals surface area contributed by atoms with Crippen LogP contribution >= 0.6 is 0 Å². The molecule has 0 atom stereocenters. The Labute approximate surface area is 133 Å². The molecular formula is C12H21F5O4SSi. The van der Waals surface area contributed by atoms with Gasteiger partial charge in [0, 0.05) is 13.2 Å². The van der Waals surface area contributed by atoms with Crippen LogP contribution in [-0.4, -0.2) is 53.8 Å². The van der Waals surface area contributed by atoms with Crippen LogP contribution in [0.1, 0.15) is 20.3 Å². The lowest BCUT2D eigenvalue weighted by Crippen LogP contribution is -2.37. The van der Waals surface area contributed by atoms with Crippen LogP contribution in [-0.2, 0) is 18.7 Å². The quantitative estimate of drug-likeness (QED) is 0.429. The zero-order chi connectivity index (χ0) is 18.4. The Balaban J connectivity index is 4.84. The highest BCUT2D eigenvalue weighted by molar-refractivity contribution is 7.91. The van der Waals surface area contributed by atoms with E-state index in [4.69, 9.17) is 8.85 Å². The first-order chi connectivity index (χ1) is 10.2. The molecular weight excluding hydrogens is 363 g/mol. The summed E-state index contributed by atoms with van der Waals surface area (Å²) in [7, 11) is -7.15. The van der Waals surface area contributed by atoms with Crippen molar-refractivity contribution >= 4 is 18.4 Å². The van der Waals surface area contributed by atoms with Crippen molar-refractivity contribution in [2.45, 2.75) is 38.9 Å². The minimum absolute atomic E-state index is 0.323. The van der Waals surface area contributed by atoms with E-state index in [-0.39, 0.29) is 0 Å². The Morgan fingerprint density at radius 1 is 1.04 bits per heavy atom. The molecule has 0 radical (unpaired) electrons. The van der Waals surface area contributed by atoms with E-state index in [1.165, 1.54) is 5.70 Å². The van der Waals surface area contributed by atoms with Gasteiger partial charge in [0.25, 0.3) is 5.92 Å². The Hall–Kier alpha value is -0.523. The first-order valence-electron chi connectivity index (χ1n) is 6.85. The van der Waals surface area contributed by atoms with E-state index in [1.807, 2.05) is 0 Å². The maximum Gasteiger partial charge on any atom is 0.394 e. The lowest BCUT2D eigenvalue weighted by molar-refractivity contribution is -0.181. The van der Waals surface area contributed by atoms with Crippen molar-refractivity contribution in [2.24, 2.45) is 0 Å². The fourth-order valence-corrected chi connectivity index (χ4v) is 5.24. The van der Waals surface area contributed by atoms with Crippen LogP contribution in [0.2, 0.25) is 6.55 Å². The summed E-state index contributed by atoms with van der Waals surface area (Å²) in [5.41, 5.74) is 1.37. The third-order valence-electron chi connectivity index (χ3n) is 2.52. The predicted molar refractivity (Wildman–Crippen MR) is 78.3 cm³/mol. The fraction of sp³-hybridized carbons (Fsp3) is 0.833. The number of halogens is 5. The zero-order valence-electron chi connectivity index (χ0n) is 13.1. The normalized spacial score (nSPS) is 14.6. The molecule has 138 valence electrons. The highest BCUT2D eigenvalue weighted by Crippen LogP contribution is 2.32. The van der Waals surface area contributed by atoms with Crippen molar-refractivity contribution in [1.82, 2.24) is 0 Å². The molecule has 0 fully saturated rings. The van der Waals surface area contributed by atoms with Gasteiger partial charge in [0.1, 0.15) is 12.2 Å². The minimum Gasteiger partial charge on any atom is -0.392 e. The molecule has 4 nitrogen and oxygen atoms in total. The first kappa shape index (κ1) is 22.5. The highest BCUT2D eigenvalue weighted by Gasteiger charge is 2.46. The molecule has 0 bridgehead atoms. The molecule has 11 heteroatoms. The molecule has 0 saturated carbocycles. The topological polar surface area (TPSA) is 52.6 Å². The zero-order valence-corrected chi connectivity index (χ0v) is 14.9. The van der Waals surface area contributed by atoms with Gasteiger partial charge in [-0.05, 0) is 26.1 Å². The van der Waals surface area contributed by atoms with Crippen LogP contribution in [0.15, 0.2) is 11.8 Å². The largest absolute Gasteiger partial charge is 0.394 e. The van der Waals surface area contributed by atoms with Crippen LogP contribution in [0.4, 0.5) is 22.0 Å². The summed E-state index contributed by atoms with van der Waals surface area (Å²) in [6.07, 6.45) is -6.51. The second-order valence-electron chi connectivity index (χ2n) is 4.99. The molecule has 0 aromatic carbocycles. The van der Waals surface area contributed by atoms with Crippen molar-refractivity contribution in [1.29, 1.82) is 0 Å². The van der Waals surface area contributed by atoms with E-state index in [9.17, 15) is 30.4 Å². The predicted octanol–water partition coefficient (Wildman–Crippen LogP) is 3.23. The van der Waals surface area contributed by atoms with Crippen LogP contribution < -0.4 is 0 Å². The SMILES string of the molecule is CCO[Si](C)(/C=C/CS(=O)(=O)CC(F)(F)CC(F)(F)F)OCC. The second-order valence-corrected chi connectivity index (χ2v) is 10.0. The molecule has 0 aliphatic carbocycles. The number of alkyl halides is 5. The van der Waals surface area contributed by atoms with Gasteiger partial charge in [-0.2, -0.15) is 13.2 Å². The van der Waals surface area contributed by atoms with Crippen LogP contribution in [0, 0.1) is 0 Å². The summed E-state index contributed by atoms with van der Waals surface area (Å²) in [6.45, 7) is 5.72. The molecule has 0 spiro atoms. The van der Waals surface area contributed by atoms with Crippen molar-refractivity contribution in [3.05, 3.63) is 11.8 Å². The molecule has 23 heavy (non-hydrogen) atoms. The highest BCUT2D eigenvalue weighted by atomic mass is 32.2. The minimum atomic E-state index is -5.13. The molecule has 0 unspecified atom stereocenters. The smallest absolute Gasteiger partial charge is 0.392 e. The van der Waals surface area contributed by atoms with Gasteiger partial charge in [0.15, 0.2) is 9.84 Å². The molecule has 0 aromatic heterocycles. The maximum absolute atomic E-state index is 13.2. The average molecular weight is 384 g/mol. The lowest BCUT2D eigenvalue weighted by Gasteiger charge is -2.22. The van der Waals surface area contributed by atoms with Crippen molar-refractivity contribution in [3.63, 3.8) is 0 Å². The van der Waals surface area contributed by atoms with Crippen molar-refractivity contribution in [3.8, 4) is 0 Å². The molecule has 0 N–H and O–H groups in total. The van der Waals surface area contributed by atoms with Gasteiger partial charge in [-0.3, -0.25) is 0 Å². The van der Waals surface area contributed by atoms with Gasteiger partial charge in [0.2, 0.25) is 0 Å². The van der Waals surface area contributed by atoms with Crippen molar-refractivity contribution in [2.75, 3.05) is 24.7 Å². The molecule has 0 aromatic rings.